The molecule has 0 spiro atoms. The van der Waals surface area contributed by atoms with Gasteiger partial charge in [0.25, 0.3) is 5.91 Å². The SMILES string of the molecule is Cc1ccc(C)c(C(=O)N2CC(COc3ccc(F)c(C)c3)CCCC2C)c1. The van der Waals surface area contributed by atoms with E-state index in [1.165, 1.54) is 6.07 Å². The summed E-state index contributed by atoms with van der Waals surface area (Å²) in [6, 6.07) is 11.1. The van der Waals surface area contributed by atoms with E-state index in [-0.39, 0.29) is 23.7 Å². The quantitative estimate of drug-likeness (QED) is 0.701. The summed E-state index contributed by atoms with van der Waals surface area (Å²) in [4.78, 5) is 15.3. The molecule has 1 heterocycles. The first-order chi connectivity index (χ1) is 13.3. The van der Waals surface area contributed by atoms with E-state index in [1.807, 2.05) is 36.9 Å². The molecule has 2 aromatic carbocycles. The van der Waals surface area contributed by atoms with Crippen molar-refractivity contribution in [3.05, 3.63) is 64.5 Å². The van der Waals surface area contributed by atoms with Crippen LogP contribution < -0.4 is 4.74 Å². The lowest BCUT2D eigenvalue weighted by Gasteiger charge is -2.30. The number of aryl methyl sites for hydroxylation is 3. The Kier molecular flexibility index (Phi) is 6.38. The Bertz CT molecular complexity index is 848. The third-order valence-corrected chi connectivity index (χ3v) is 5.72. The van der Waals surface area contributed by atoms with Crippen LogP contribution in [0.25, 0.3) is 0 Å². The highest BCUT2D eigenvalue weighted by molar-refractivity contribution is 5.96. The van der Waals surface area contributed by atoms with Gasteiger partial charge in [0.2, 0.25) is 0 Å². The Hall–Kier alpha value is -2.36. The van der Waals surface area contributed by atoms with Gasteiger partial charge in [0.15, 0.2) is 0 Å². The predicted octanol–water partition coefficient (Wildman–Crippen LogP) is 5.46. The largest absolute Gasteiger partial charge is 0.493 e. The summed E-state index contributed by atoms with van der Waals surface area (Å²) in [5.74, 6) is 0.840. The molecule has 1 aliphatic rings. The van der Waals surface area contributed by atoms with E-state index in [0.29, 0.717) is 24.5 Å². The topological polar surface area (TPSA) is 29.5 Å². The standard InChI is InChI=1S/C24H30FNO2/c1-16-8-9-17(2)22(12-16)24(27)26-14-20(7-5-6-19(26)4)15-28-21-10-11-23(25)18(3)13-21/h8-13,19-20H,5-7,14-15H2,1-4H3. The number of amides is 1. The molecule has 0 bridgehead atoms. The van der Waals surface area contributed by atoms with E-state index in [9.17, 15) is 9.18 Å². The van der Waals surface area contributed by atoms with Crippen molar-refractivity contribution < 1.29 is 13.9 Å². The van der Waals surface area contributed by atoms with Crippen LogP contribution in [0.3, 0.4) is 0 Å². The maximum absolute atomic E-state index is 13.5. The van der Waals surface area contributed by atoms with Crippen LogP contribution in [0.15, 0.2) is 36.4 Å². The van der Waals surface area contributed by atoms with E-state index in [1.54, 1.807) is 19.1 Å². The third-order valence-electron chi connectivity index (χ3n) is 5.72. The number of benzene rings is 2. The van der Waals surface area contributed by atoms with Crippen molar-refractivity contribution in [2.45, 2.75) is 53.0 Å². The van der Waals surface area contributed by atoms with Gasteiger partial charge in [0, 0.05) is 24.1 Å². The first kappa shape index (κ1) is 20.4. The molecule has 2 aromatic rings. The van der Waals surface area contributed by atoms with Crippen LogP contribution in [-0.4, -0.2) is 30.0 Å². The van der Waals surface area contributed by atoms with Crippen molar-refractivity contribution in [3.63, 3.8) is 0 Å². The fourth-order valence-corrected chi connectivity index (χ4v) is 3.87. The van der Waals surface area contributed by atoms with Crippen molar-refractivity contribution in [2.75, 3.05) is 13.2 Å². The molecular formula is C24H30FNO2. The monoisotopic (exact) mass is 383 g/mol. The zero-order valence-electron chi connectivity index (χ0n) is 17.3. The number of carbonyl (C=O) groups is 1. The molecule has 0 radical (unpaired) electrons. The van der Waals surface area contributed by atoms with Crippen molar-refractivity contribution in [2.24, 2.45) is 5.92 Å². The summed E-state index contributed by atoms with van der Waals surface area (Å²) in [6.45, 7) is 9.10. The minimum atomic E-state index is -0.221. The van der Waals surface area contributed by atoms with E-state index in [2.05, 4.69) is 6.92 Å². The molecule has 0 N–H and O–H groups in total. The van der Waals surface area contributed by atoms with E-state index in [4.69, 9.17) is 4.74 Å². The summed E-state index contributed by atoms with van der Waals surface area (Å²) >= 11 is 0. The minimum Gasteiger partial charge on any atom is -0.493 e. The van der Waals surface area contributed by atoms with Crippen LogP contribution in [0.1, 0.15) is 53.2 Å². The summed E-state index contributed by atoms with van der Waals surface area (Å²) < 4.78 is 19.4. The smallest absolute Gasteiger partial charge is 0.254 e. The average molecular weight is 384 g/mol. The number of ether oxygens (including phenoxy) is 1. The fraction of sp³-hybridized carbons (Fsp3) is 0.458. The van der Waals surface area contributed by atoms with Gasteiger partial charge in [-0.1, -0.05) is 24.1 Å². The summed E-state index contributed by atoms with van der Waals surface area (Å²) in [5, 5.41) is 0. The van der Waals surface area contributed by atoms with Crippen LogP contribution in [0.2, 0.25) is 0 Å². The lowest BCUT2D eigenvalue weighted by atomic mass is 10.0. The van der Waals surface area contributed by atoms with Crippen LogP contribution in [0.5, 0.6) is 5.75 Å². The second-order valence-corrected chi connectivity index (χ2v) is 8.14. The molecule has 2 atom stereocenters. The van der Waals surface area contributed by atoms with E-state index < -0.39 is 0 Å². The molecule has 1 saturated heterocycles. The molecule has 1 aliphatic heterocycles. The number of nitrogens with zero attached hydrogens (tertiary/aromatic N) is 1. The highest BCUT2D eigenvalue weighted by Gasteiger charge is 2.28. The van der Waals surface area contributed by atoms with Crippen LogP contribution in [0.4, 0.5) is 4.39 Å². The van der Waals surface area contributed by atoms with Crippen molar-refractivity contribution in [3.8, 4) is 5.75 Å². The van der Waals surface area contributed by atoms with Gasteiger partial charge >= 0.3 is 0 Å². The fourth-order valence-electron chi connectivity index (χ4n) is 3.87. The number of hydrogen-bond donors (Lipinski definition) is 0. The maximum Gasteiger partial charge on any atom is 0.254 e. The number of halogens is 1. The molecule has 0 aromatic heterocycles. The normalized spacial score (nSPS) is 20.0. The number of hydrogen-bond acceptors (Lipinski definition) is 2. The molecule has 150 valence electrons. The lowest BCUT2D eigenvalue weighted by Crippen LogP contribution is -2.41. The van der Waals surface area contributed by atoms with Gasteiger partial charge in [-0.05, 0) is 75.9 Å². The van der Waals surface area contributed by atoms with Gasteiger partial charge in [-0.2, -0.15) is 0 Å². The molecule has 3 nitrogen and oxygen atoms in total. The van der Waals surface area contributed by atoms with Gasteiger partial charge in [-0.3, -0.25) is 4.79 Å². The molecule has 0 aliphatic carbocycles. The van der Waals surface area contributed by atoms with Crippen molar-refractivity contribution >= 4 is 5.91 Å². The average Bonchev–Trinajstić information content (AvgIpc) is 2.85. The molecule has 1 fully saturated rings. The van der Waals surface area contributed by atoms with Gasteiger partial charge in [0.1, 0.15) is 11.6 Å². The second kappa shape index (κ2) is 8.76. The van der Waals surface area contributed by atoms with E-state index >= 15 is 0 Å². The number of carbonyl (C=O) groups excluding carboxylic acids is 1. The minimum absolute atomic E-state index is 0.109. The number of likely N-dealkylation sites (tertiary alicyclic amines) is 1. The molecule has 1 amide bonds. The molecule has 2 unspecified atom stereocenters. The van der Waals surface area contributed by atoms with Gasteiger partial charge in [0.05, 0.1) is 6.61 Å². The first-order valence-electron chi connectivity index (χ1n) is 10.1. The van der Waals surface area contributed by atoms with Crippen molar-refractivity contribution in [1.29, 1.82) is 0 Å². The zero-order valence-corrected chi connectivity index (χ0v) is 17.3. The third kappa shape index (κ3) is 4.73. The summed E-state index contributed by atoms with van der Waals surface area (Å²) in [7, 11) is 0. The molecular weight excluding hydrogens is 353 g/mol. The Balaban J connectivity index is 1.72. The zero-order chi connectivity index (χ0) is 20.3. The Labute approximate surface area is 167 Å². The van der Waals surface area contributed by atoms with E-state index in [0.717, 1.165) is 36.0 Å². The molecule has 28 heavy (non-hydrogen) atoms. The van der Waals surface area contributed by atoms with Crippen LogP contribution in [0, 0.1) is 32.5 Å². The van der Waals surface area contributed by atoms with Crippen LogP contribution >= 0.6 is 0 Å². The molecule has 0 saturated carbocycles. The highest BCUT2D eigenvalue weighted by atomic mass is 19.1. The second-order valence-electron chi connectivity index (χ2n) is 8.14. The Morgan fingerprint density at radius 1 is 1.11 bits per heavy atom. The Morgan fingerprint density at radius 2 is 1.89 bits per heavy atom. The van der Waals surface area contributed by atoms with Crippen molar-refractivity contribution in [1.82, 2.24) is 4.90 Å². The molecule has 4 heteroatoms. The number of rotatable bonds is 4. The first-order valence-corrected chi connectivity index (χ1v) is 10.1. The van der Waals surface area contributed by atoms with Crippen LogP contribution in [-0.2, 0) is 0 Å². The van der Waals surface area contributed by atoms with Gasteiger partial charge in [-0.25, -0.2) is 4.39 Å². The van der Waals surface area contributed by atoms with Gasteiger partial charge < -0.3 is 9.64 Å². The van der Waals surface area contributed by atoms with Gasteiger partial charge in [-0.15, -0.1) is 0 Å². The highest BCUT2D eigenvalue weighted by Crippen LogP contribution is 2.25. The predicted molar refractivity (Wildman–Crippen MR) is 110 cm³/mol. The Morgan fingerprint density at radius 3 is 2.64 bits per heavy atom. The maximum atomic E-state index is 13.5. The molecule has 3 rings (SSSR count). The lowest BCUT2D eigenvalue weighted by molar-refractivity contribution is 0.0653. The summed E-state index contributed by atoms with van der Waals surface area (Å²) in [5.41, 5.74) is 3.49. The summed E-state index contributed by atoms with van der Waals surface area (Å²) in [6.07, 6.45) is 3.11.